The summed E-state index contributed by atoms with van der Waals surface area (Å²) in [5.74, 6) is 0.275. The van der Waals surface area contributed by atoms with Gasteiger partial charge in [0.15, 0.2) is 0 Å². The van der Waals surface area contributed by atoms with Crippen LogP contribution in [0, 0.1) is 5.92 Å². The third-order valence-corrected chi connectivity index (χ3v) is 4.90. The highest BCUT2D eigenvalue weighted by molar-refractivity contribution is 7.90. The van der Waals surface area contributed by atoms with E-state index in [0.717, 1.165) is 0 Å². The average Bonchev–Trinajstić information content (AvgIpc) is 2.27. The lowest BCUT2D eigenvalue weighted by Gasteiger charge is -2.24. The Morgan fingerprint density at radius 2 is 1.94 bits per heavy atom. The molecule has 1 heterocycles. The summed E-state index contributed by atoms with van der Waals surface area (Å²) in [5, 5.41) is -0.319. The van der Waals surface area contributed by atoms with Gasteiger partial charge >= 0.3 is 0 Å². The zero-order valence-electron chi connectivity index (χ0n) is 9.98. The first-order valence-corrected chi connectivity index (χ1v) is 7.30. The minimum Gasteiger partial charge on any atom is -0.381 e. The summed E-state index contributed by atoms with van der Waals surface area (Å²) >= 11 is 0. The molecule has 6 heteroatoms. The summed E-state index contributed by atoms with van der Waals surface area (Å²) < 4.78 is 31.5. The zero-order valence-corrected chi connectivity index (χ0v) is 10.8. The van der Waals surface area contributed by atoms with Gasteiger partial charge in [0.05, 0.1) is 5.25 Å². The van der Waals surface area contributed by atoms with Gasteiger partial charge < -0.3 is 10.5 Å². The molecule has 96 valence electrons. The molecular weight excluding hydrogens is 228 g/mol. The van der Waals surface area contributed by atoms with Crippen molar-refractivity contribution in [2.24, 2.45) is 11.7 Å². The molecule has 0 saturated carbocycles. The fourth-order valence-electron chi connectivity index (χ4n) is 1.55. The van der Waals surface area contributed by atoms with Crippen molar-refractivity contribution in [1.29, 1.82) is 0 Å². The summed E-state index contributed by atoms with van der Waals surface area (Å²) in [6.07, 6.45) is 1.15. The van der Waals surface area contributed by atoms with Gasteiger partial charge in [-0.2, -0.15) is 0 Å². The van der Waals surface area contributed by atoms with E-state index in [4.69, 9.17) is 10.5 Å². The van der Waals surface area contributed by atoms with E-state index in [0.29, 0.717) is 32.6 Å². The Morgan fingerprint density at radius 3 is 2.44 bits per heavy atom. The van der Waals surface area contributed by atoms with E-state index in [9.17, 15) is 8.42 Å². The second kappa shape index (κ2) is 5.95. The number of ether oxygens (including phenoxy) is 1. The van der Waals surface area contributed by atoms with Crippen LogP contribution in [-0.4, -0.2) is 39.5 Å². The van der Waals surface area contributed by atoms with Gasteiger partial charge in [0.2, 0.25) is 10.0 Å². The molecule has 1 aliphatic rings. The maximum absolute atomic E-state index is 11.9. The Balaban J connectivity index is 2.44. The van der Waals surface area contributed by atoms with Crippen LogP contribution < -0.4 is 10.5 Å². The van der Waals surface area contributed by atoms with E-state index >= 15 is 0 Å². The van der Waals surface area contributed by atoms with Gasteiger partial charge in [0.25, 0.3) is 0 Å². The van der Waals surface area contributed by atoms with Crippen LogP contribution in [0.25, 0.3) is 0 Å². The first-order valence-electron chi connectivity index (χ1n) is 5.75. The topological polar surface area (TPSA) is 81.4 Å². The second-order valence-corrected chi connectivity index (χ2v) is 6.66. The van der Waals surface area contributed by atoms with Crippen LogP contribution in [0.1, 0.15) is 26.7 Å². The highest BCUT2D eigenvalue weighted by Gasteiger charge is 2.27. The largest absolute Gasteiger partial charge is 0.381 e. The zero-order chi connectivity index (χ0) is 12.2. The van der Waals surface area contributed by atoms with Gasteiger partial charge in [0.1, 0.15) is 0 Å². The third kappa shape index (κ3) is 4.01. The minimum atomic E-state index is -3.22. The number of hydrogen-bond acceptors (Lipinski definition) is 4. The van der Waals surface area contributed by atoms with E-state index in [1.54, 1.807) is 0 Å². The van der Waals surface area contributed by atoms with Crippen LogP contribution >= 0.6 is 0 Å². The van der Waals surface area contributed by atoms with Crippen LogP contribution in [0.3, 0.4) is 0 Å². The standard InChI is InChI=1S/C10H22N2O3S/c1-8(2)10(11)7-12-16(13,14)9-3-5-15-6-4-9/h8-10,12H,3-7,11H2,1-2H3. The fraction of sp³-hybridized carbons (Fsp3) is 1.00. The predicted molar refractivity (Wildman–Crippen MR) is 63.6 cm³/mol. The molecule has 0 radical (unpaired) electrons. The first kappa shape index (κ1) is 13.9. The Morgan fingerprint density at radius 1 is 1.38 bits per heavy atom. The smallest absolute Gasteiger partial charge is 0.214 e. The molecule has 0 aromatic rings. The van der Waals surface area contributed by atoms with E-state index in [1.807, 2.05) is 13.8 Å². The van der Waals surface area contributed by atoms with Crippen LogP contribution in [0.4, 0.5) is 0 Å². The van der Waals surface area contributed by atoms with Crippen molar-refractivity contribution < 1.29 is 13.2 Å². The van der Waals surface area contributed by atoms with Crippen LogP contribution in [0.2, 0.25) is 0 Å². The molecule has 1 saturated heterocycles. The van der Waals surface area contributed by atoms with Crippen molar-refractivity contribution in [3.8, 4) is 0 Å². The summed E-state index contributed by atoms with van der Waals surface area (Å²) in [5.41, 5.74) is 5.80. The maximum Gasteiger partial charge on any atom is 0.214 e. The SMILES string of the molecule is CC(C)C(N)CNS(=O)(=O)C1CCOCC1. The number of rotatable bonds is 5. The van der Waals surface area contributed by atoms with Crippen LogP contribution in [0.5, 0.6) is 0 Å². The number of nitrogens with one attached hydrogen (secondary N) is 1. The maximum atomic E-state index is 11.9. The van der Waals surface area contributed by atoms with Crippen molar-refractivity contribution in [3.05, 3.63) is 0 Å². The van der Waals surface area contributed by atoms with E-state index in [1.165, 1.54) is 0 Å². The summed E-state index contributed by atoms with van der Waals surface area (Å²) in [6, 6.07) is -0.130. The van der Waals surface area contributed by atoms with Crippen molar-refractivity contribution in [2.45, 2.75) is 38.0 Å². The summed E-state index contributed by atoms with van der Waals surface area (Å²) in [7, 11) is -3.22. The Kier molecular flexibility index (Phi) is 5.17. The monoisotopic (exact) mass is 250 g/mol. The average molecular weight is 250 g/mol. The van der Waals surface area contributed by atoms with Gasteiger partial charge in [-0.25, -0.2) is 13.1 Å². The fourth-order valence-corrected chi connectivity index (χ4v) is 3.03. The molecule has 3 N–H and O–H groups in total. The Hall–Kier alpha value is -0.170. The van der Waals surface area contributed by atoms with Crippen molar-refractivity contribution in [1.82, 2.24) is 4.72 Å². The highest BCUT2D eigenvalue weighted by Crippen LogP contribution is 2.14. The van der Waals surface area contributed by atoms with Gasteiger partial charge in [-0.1, -0.05) is 13.8 Å². The minimum absolute atomic E-state index is 0.130. The molecule has 16 heavy (non-hydrogen) atoms. The molecule has 0 amide bonds. The lowest BCUT2D eigenvalue weighted by molar-refractivity contribution is 0.0981. The molecule has 0 aliphatic carbocycles. The van der Waals surface area contributed by atoms with Gasteiger partial charge in [-0.3, -0.25) is 0 Å². The van der Waals surface area contributed by atoms with E-state index in [2.05, 4.69) is 4.72 Å². The molecule has 0 aromatic heterocycles. The first-order chi connectivity index (χ1) is 7.43. The quantitative estimate of drug-likeness (QED) is 0.723. The molecule has 0 aromatic carbocycles. The molecular formula is C10H22N2O3S. The Bertz CT molecular complexity index is 297. The molecule has 1 fully saturated rings. The number of nitrogens with two attached hydrogens (primary N) is 1. The van der Waals surface area contributed by atoms with Crippen molar-refractivity contribution >= 4 is 10.0 Å². The highest BCUT2D eigenvalue weighted by atomic mass is 32.2. The van der Waals surface area contributed by atoms with E-state index in [-0.39, 0.29) is 17.2 Å². The molecule has 1 unspecified atom stereocenters. The normalized spacial score (nSPS) is 21.2. The van der Waals surface area contributed by atoms with E-state index < -0.39 is 10.0 Å². The molecule has 1 aliphatic heterocycles. The lowest BCUT2D eigenvalue weighted by Crippen LogP contribution is -2.45. The van der Waals surface area contributed by atoms with Crippen LogP contribution in [0.15, 0.2) is 0 Å². The molecule has 1 atom stereocenters. The lowest BCUT2D eigenvalue weighted by atomic mass is 10.1. The van der Waals surface area contributed by atoms with Gasteiger partial charge in [-0.05, 0) is 18.8 Å². The molecule has 0 spiro atoms. The summed E-state index contributed by atoms with van der Waals surface area (Å²) in [4.78, 5) is 0. The number of hydrogen-bond donors (Lipinski definition) is 2. The summed E-state index contributed by atoms with van der Waals surface area (Å²) in [6.45, 7) is 5.34. The van der Waals surface area contributed by atoms with Crippen molar-refractivity contribution in [2.75, 3.05) is 19.8 Å². The predicted octanol–water partition coefficient (Wildman–Crippen LogP) is 0.0681. The van der Waals surface area contributed by atoms with Gasteiger partial charge in [0, 0.05) is 25.8 Å². The van der Waals surface area contributed by atoms with Gasteiger partial charge in [-0.15, -0.1) is 0 Å². The number of sulfonamides is 1. The molecule has 0 bridgehead atoms. The third-order valence-electron chi connectivity index (χ3n) is 2.98. The second-order valence-electron chi connectivity index (χ2n) is 4.61. The Labute approximate surface area is 97.8 Å². The van der Waals surface area contributed by atoms with Crippen molar-refractivity contribution in [3.63, 3.8) is 0 Å². The van der Waals surface area contributed by atoms with Crippen LogP contribution in [-0.2, 0) is 14.8 Å². The molecule has 5 nitrogen and oxygen atoms in total. The molecule has 1 rings (SSSR count).